The van der Waals surface area contributed by atoms with Crippen molar-refractivity contribution >= 4 is 34.6 Å². The molecular weight excluding hydrogens is 434 g/mol. The molecule has 4 aliphatic carbocycles. The second-order valence-corrected chi connectivity index (χ2v) is 11.4. The number of nitrogens with zero attached hydrogens (tertiary/aromatic N) is 2. The molecule has 2 heterocycles. The Morgan fingerprint density at radius 2 is 1.85 bits per heavy atom. The fourth-order valence-electron chi connectivity index (χ4n) is 6.89. The van der Waals surface area contributed by atoms with Crippen molar-refractivity contribution in [3.63, 3.8) is 0 Å². The summed E-state index contributed by atoms with van der Waals surface area (Å²) < 4.78 is 0. The lowest BCUT2D eigenvalue weighted by Gasteiger charge is -2.57. The molecule has 1 aromatic heterocycles. The van der Waals surface area contributed by atoms with Gasteiger partial charge in [-0.15, -0.1) is 11.3 Å². The van der Waals surface area contributed by atoms with Gasteiger partial charge in [-0.1, -0.05) is 6.07 Å². The molecule has 33 heavy (non-hydrogen) atoms. The summed E-state index contributed by atoms with van der Waals surface area (Å²) in [6.07, 6.45) is 8.80. The number of carbonyl (C=O) groups is 2. The molecule has 1 aromatic carbocycles. The highest BCUT2D eigenvalue weighted by Gasteiger charge is 2.50. The van der Waals surface area contributed by atoms with Gasteiger partial charge in [-0.25, -0.2) is 9.78 Å². The molecule has 5 aliphatic rings. The SMILES string of the molecule is O=C1CCN(c2cccc(NCc3nc(CNC45CC6CC(CC(C6)C4)C5)cs3)c2)C(=O)N1. The maximum Gasteiger partial charge on any atom is 0.328 e. The van der Waals surface area contributed by atoms with Gasteiger partial charge in [0, 0.05) is 41.8 Å². The smallest absolute Gasteiger partial charge is 0.328 e. The molecule has 4 saturated carbocycles. The van der Waals surface area contributed by atoms with Crippen LogP contribution in [0.25, 0.3) is 0 Å². The molecule has 0 radical (unpaired) electrons. The van der Waals surface area contributed by atoms with Crippen LogP contribution < -0.4 is 20.9 Å². The molecule has 174 valence electrons. The number of imide groups is 1. The van der Waals surface area contributed by atoms with Gasteiger partial charge in [0.15, 0.2) is 0 Å². The van der Waals surface area contributed by atoms with Gasteiger partial charge in [-0.05, 0) is 74.5 Å². The van der Waals surface area contributed by atoms with Gasteiger partial charge in [0.25, 0.3) is 0 Å². The summed E-state index contributed by atoms with van der Waals surface area (Å²) in [7, 11) is 0. The number of amides is 3. The van der Waals surface area contributed by atoms with E-state index in [4.69, 9.17) is 4.98 Å². The van der Waals surface area contributed by atoms with Crippen molar-refractivity contribution in [2.45, 2.75) is 63.6 Å². The summed E-state index contributed by atoms with van der Waals surface area (Å²) in [6.45, 7) is 1.91. The van der Waals surface area contributed by atoms with E-state index in [9.17, 15) is 9.59 Å². The molecule has 7 nitrogen and oxygen atoms in total. The number of hydrogen-bond acceptors (Lipinski definition) is 6. The summed E-state index contributed by atoms with van der Waals surface area (Å²) in [4.78, 5) is 30.0. The first-order valence-corrected chi connectivity index (χ1v) is 13.1. The quantitative estimate of drug-likeness (QED) is 0.569. The lowest BCUT2D eigenvalue weighted by atomic mass is 9.53. The van der Waals surface area contributed by atoms with Crippen molar-refractivity contribution in [3.05, 3.63) is 40.3 Å². The number of nitrogens with one attached hydrogen (secondary N) is 3. The highest BCUT2D eigenvalue weighted by atomic mass is 32.1. The Hall–Kier alpha value is -2.45. The molecular formula is C25H31N5O2S. The highest BCUT2D eigenvalue weighted by Crippen LogP contribution is 2.55. The zero-order valence-corrected chi connectivity index (χ0v) is 19.6. The van der Waals surface area contributed by atoms with Crippen LogP contribution >= 0.6 is 11.3 Å². The molecule has 7 rings (SSSR count). The number of urea groups is 1. The standard InChI is InChI=1S/C25H31N5O2S/c31-22-4-5-30(24(32)29-22)21-3-1-2-19(9-21)26-14-23-28-20(15-33-23)13-27-25-10-16-6-17(11-25)8-18(7-16)12-25/h1-3,9,15-18,26-27H,4-8,10-14H2,(H,29,31,32). The Bertz CT molecular complexity index is 1030. The van der Waals surface area contributed by atoms with E-state index in [0.29, 0.717) is 25.0 Å². The molecule has 0 unspecified atom stereocenters. The van der Waals surface area contributed by atoms with E-state index in [2.05, 4.69) is 21.3 Å². The minimum atomic E-state index is -0.362. The summed E-state index contributed by atoms with van der Waals surface area (Å²) in [5.41, 5.74) is 3.21. The van der Waals surface area contributed by atoms with Crippen LogP contribution in [0.5, 0.6) is 0 Å². The number of aromatic nitrogens is 1. The topological polar surface area (TPSA) is 86.4 Å². The Balaban J connectivity index is 1.04. The first kappa shape index (κ1) is 21.1. The Kier molecular flexibility index (Phi) is 5.37. The average molecular weight is 466 g/mol. The third kappa shape index (κ3) is 4.38. The van der Waals surface area contributed by atoms with Crippen molar-refractivity contribution in [3.8, 4) is 0 Å². The minimum Gasteiger partial charge on any atom is -0.378 e. The van der Waals surface area contributed by atoms with Crippen LogP contribution in [0, 0.1) is 17.8 Å². The van der Waals surface area contributed by atoms with Gasteiger partial charge >= 0.3 is 6.03 Å². The summed E-state index contributed by atoms with van der Waals surface area (Å²) in [5, 5.41) is 13.0. The number of anilines is 2. The van der Waals surface area contributed by atoms with Crippen LogP contribution in [0.4, 0.5) is 16.2 Å². The lowest BCUT2D eigenvalue weighted by Crippen LogP contribution is -2.58. The third-order valence-corrected chi connectivity index (χ3v) is 8.84. The molecule has 3 amide bonds. The van der Waals surface area contributed by atoms with Crippen molar-refractivity contribution in [1.29, 1.82) is 0 Å². The van der Waals surface area contributed by atoms with Crippen LogP contribution in [0.15, 0.2) is 29.6 Å². The van der Waals surface area contributed by atoms with E-state index in [0.717, 1.165) is 46.4 Å². The van der Waals surface area contributed by atoms with Crippen LogP contribution in [0.2, 0.25) is 0 Å². The fourth-order valence-corrected chi connectivity index (χ4v) is 7.62. The second-order valence-electron chi connectivity index (χ2n) is 10.4. The van der Waals surface area contributed by atoms with E-state index in [1.165, 1.54) is 38.5 Å². The number of benzene rings is 1. The second kappa shape index (κ2) is 8.40. The zero-order chi connectivity index (χ0) is 22.4. The maximum absolute atomic E-state index is 12.1. The monoisotopic (exact) mass is 465 g/mol. The van der Waals surface area contributed by atoms with Gasteiger partial charge < -0.3 is 10.6 Å². The van der Waals surface area contributed by atoms with Crippen LogP contribution in [-0.4, -0.2) is 29.0 Å². The van der Waals surface area contributed by atoms with E-state index < -0.39 is 0 Å². The van der Waals surface area contributed by atoms with E-state index in [-0.39, 0.29) is 11.9 Å². The van der Waals surface area contributed by atoms with Gasteiger partial charge in [0.1, 0.15) is 5.01 Å². The predicted molar refractivity (Wildman–Crippen MR) is 129 cm³/mol. The van der Waals surface area contributed by atoms with Gasteiger partial charge in [-0.3, -0.25) is 15.0 Å². The predicted octanol–water partition coefficient (Wildman–Crippen LogP) is 4.26. The molecule has 3 N–H and O–H groups in total. The van der Waals surface area contributed by atoms with Gasteiger partial charge in [0.2, 0.25) is 5.91 Å². The Labute approximate surface area is 198 Å². The molecule has 1 aliphatic heterocycles. The molecule has 4 bridgehead atoms. The summed E-state index contributed by atoms with van der Waals surface area (Å²) >= 11 is 1.69. The van der Waals surface area contributed by atoms with Gasteiger partial charge in [0.05, 0.1) is 12.2 Å². The zero-order valence-electron chi connectivity index (χ0n) is 18.8. The Morgan fingerprint density at radius 1 is 1.09 bits per heavy atom. The number of thiazole rings is 1. The molecule has 2 aromatic rings. The molecule has 5 fully saturated rings. The summed E-state index contributed by atoms with van der Waals surface area (Å²) in [5.74, 6) is 2.63. The average Bonchev–Trinajstić information content (AvgIpc) is 3.24. The Morgan fingerprint density at radius 3 is 2.58 bits per heavy atom. The number of carbonyl (C=O) groups excluding carboxylic acids is 2. The van der Waals surface area contributed by atoms with Crippen LogP contribution in [0.1, 0.15) is 55.6 Å². The molecule has 8 heteroatoms. The molecule has 0 atom stereocenters. The van der Waals surface area contributed by atoms with Crippen molar-refractivity contribution in [2.24, 2.45) is 17.8 Å². The van der Waals surface area contributed by atoms with Crippen molar-refractivity contribution in [1.82, 2.24) is 15.6 Å². The summed E-state index contributed by atoms with van der Waals surface area (Å²) in [6, 6.07) is 7.37. The van der Waals surface area contributed by atoms with E-state index in [1.807, 2.05) is 24.3 Å². The highest BCUT2D eigenvalue weighted by molar-refractivity contribution is 7.09. The first-order chi connectivity index (χ1) is 16.0. The third-order valence-electron chi connectivity index (χ3n) is 7.94. The van der Waals surface area contributed by atoms with E-state index in [1.54, 1.807) is 16.2 Å². The fraction of sp³-hybridized carbons (Fsp3) is 0.560. The molecule has 1 saturated heterocycles. The first-order valence-electron chi connectivity index (χ1n) is 12.2. The lowest BCUT2D eigenvalue weighted by molar-refractivity contribution is -0.120. The van der Waals surface area contributed by atoms with E-state index >= 15 is 0 Å². The van der Waals surface area contributed by atoms with Gasteiger partial charge in [-0.2, -0.15) is 0 Å². The maximum atomic E-state index is 12.1. The van der Waals surface area contributed by atoms with Crippen molar-refractivity contribution in [2.75, 3.05) is 16.8 Å². The minimum absolute atomic E-state index is 0.220. The molecule has 0 spiro atoms. The number of hydrogen-bond donors (Lipinski definition) is 3. The largest absolute Gasteiger partial charge is 0.378 e. The normalized spacial score (nSPS) is 30.5. The van der Waals surface area contributed by atoms with Crippen LogP contribution in [-0.2, 0) is 17.9 Å². The van der Waals surface area contributed by atoms with Crippen molar-refractivity contribution < 1.29 is 9.59 Å². The number of rotatable bonds is 7. The van der Waals surface area contributed by atoms with Crippen LogP contribution in [0.3, 0.4) is 0 Å².